The topological polar surface area (TPSA) is 3.24 Å². The second kappa shape index (κ2) is 14.9. The Kier molecular flexibility index (Phi) is 9.25. The first-order valence-corrected chi connectivity index (χ1v) is 19.6. The van der Waals surface area contributed by atoms with Crippen LogP contribution in [0.4, 0.5) is 17.1 Å². The van der Waals surface area contributed by atoms with E-state index in [9.17, 15) is 0 Å². The van der Waals surface area contributed by atoms with Crippen LogP contribution in [0, 0.1) is 6.92 Å². The normalized spacial score (nSPS) is 11.4. The van der Waals surface area contributed by atoms with Crippen LogP contribution in [-0.4, -0.2) is 0 Å². The van der Waals surface area contributed by atoms with Crippen molar-refractivity contribution in [3.05, 3.63) is 217 Å². The number of anilines is 3. The Morgan fingerprint density at radius 3 is 1.49 bits per heavy atom. The quantitative estimate of drug-likeness (QED) is 0.134. The zero-order valence-corrected chi connectivity index (χ0v) is 31.5. The molecule has 1 nitrogen and oxygen atoms in total. The van der Waals surface area contributed by atoms with E-state index in [1.165, 1.54) is 76.5 Å². The summed E-state index contributed by atoms with van der Waals surface area (Å²) in [5.74, 6) is 0. The van der Waals surface area contributed by atoms with Crippen molar-refractivity contribution in [2.45, 2.75) is 6.92 Å². The van der Waals surface area contributed by atoms with Gasteiger partial charge in [-0.25, -0.2) is 0 Å². The maximum atomic E-state index is 3.79. The maximum Gasteiger partial charge on any atom is 0.0476 e. The number of hydrogen-bond donors (Lipinski definition) is 0. The fourth-order valence-electron chi connectivity index (χ4n) is 7.43. The van der Waals surface area contributed by atoms with E-state index >= 15 is 0 Å². The van der Waals surface area contributed by atoms with E-state index in [1.807, 2.05) is 12.2 Å². The smallest absolute Gasteiger partial charge is 0.0476 e. The van der Waals surface area contributed by atoms with Crippen LogP contribution in [0.25, 0.3) is 71.4 Å². The Morgan fingerprint density at radius 2 is 0.909 bits per heavy atom. The molecular weight excluding hydrogens is 683 g/mol. The first kappa shape index (κ1) is 34.1. The lowest BCUT2D eigenvalue weighted by molar-refractivity contribution is 1.29. The van der Waals surface area contributed by atoms with E-state index < -0.39 is 0 Å². The minimum Gasteiger partial charge on any atom is -0.310 e. The number of fused-ring (bicyclic) bond motifs is 2. The van der Waals surface area contributed by atoms with Gasteiger partial charge in [0.1, 0.15) is 0 Å². The van der Waals surface area contributed by atoms with Gasteiger partial charge in [-0.3, -0.25) is 0 Å². The lowest BCUT2D eigenvalue weighted by Gasteiger charge is -2.26. The third kappa shape index (κ3) is 7.04. The Balaban J connectivity index is 0.985. The molecule has 2 heteroatoms. The molecule has 0 fully saturated rings. The van der Waals surface area contributed by atoms with Gasteiger partial charge in [0.05, 0.1) is 0 Å². The highest BCUT2D eigenvalue weighted by Gasteiger charge is 2.15. The summed E-state index contributed by atoms with van der Waals surface area (Å²) in [6.07, 6.45) is 5.89. The zero-order valence-electron chi connectivity index (χ0n) is 30.7. The van der Waals surface area contributed by atoms with Gasteiger partial charge in [0, 0.05) is 21.8 Å². The number of rotatable bonds is 9. The molecule has 0 saturated carbocycles. The molecule has 0 N–H and O–H groups in total. The molecule has 8 aromatic carbocycles. The SMILES string of the molecule is C=C/C=C\c1ccc(-c2ccc(-c3ccc(N(c4ccc(-c5ccc(-c6ccc7ccccc7c6)cc5)cc4)c4ccc5ccsc5c4)cc3)cc2)cc1C. The summed E-state index contributed by atoms with van der Waals surface area (Å²) >= 11 is 1.78. The molecule has 1 heterocycles. The summed E-state index contributed by atoms with van der Waals surface area (Å²) in [5.41, 5.74) is 15.5. The third-order valence-corrected chi connectivity index (χ3v) is 11.4. The van der Waals surface area contributed by atoms with Crippen LogP contribution in [0.5, 0.6) is 0 Å². The fraction of sp³-hybridized carbons (Fsp3) is 0.0189. The van der Waals surface area contributed by atoms with E-state index in [0.717, 1.165) is 17.1 Å². The molecule has 0 spiro atoms. The summed E-state index contributed by atoms with van der Waals surface area (Å²) in [6.45, 7) is 5.95. The van der Waals surface area contributed by atoms with Gasteiger partial charge in [0.15, 0.2) is 0 Å². The van der Waals surface area contributed by atoms with Crippen molar-refractivity contribution in [3.63, 3.8) is 0 Å². The van der Waals surface area contributed by atoms with E-state index in [1.54, 1.807) is 11.3 Å². The molecule has 55 heavy (non-hydrogen) atoms. The van der Waals surface area contributed by atoms with Crippen molar-refractivity contribution in [2.24, 2.45) is 0 Å². The summed E-state index contributed by atoms with van der Waals surface area (Å²) in [4.78, 5) is 2.36. The number of aryl methyl sites for hydroxylation is 1. The van der Waals surface area contributed by atoms with Crippen LogP contribution in [0.3, 0.4) is 0 Å². The van der Waals surface area contributed by atoms with Crippen molar-refractivity contribution in [2.75, 3.05) is 4.90 Å². The maximum absolute atomic E-state index is 3.79. The summed E-state index contributed by atoms with van der Waals surface area (Å²) in [5, 5.41) is 5.96. The highest BCUT2D eigenvalue weighted by Crippen LogP contribution is 2.39. The standard InChI is InChI=1S/C53H39NS/c1-3-4-7-38-10-20-48(34-37(38)2)44-15-11-40(12-16-44)42-22-27-50(28-23-42)54(52-31-26-46-32-33-55-53(46)36-52)51-29-24-43(25-30-51)41-13-17-45(18-14-41)49-21-19-39-8-5-6-9-47(39)35-49/h3-36H,1H2,2H3/b7-4-. The van der Waals surface area contributed by atoms with Crippen molar-refractivity contribution >= 4 is 55.3 Å². The summed E-state index contributed by atoms with van der Waals surface area (Å²) < 4.78 is 1.28. The van der Waals surface area contributed by atoms with Crippen molar-refractivity contribution in [3.8, 4) is 44.5 Å². The van der Waals surface area contributed by atoms with Gasteiger partial charge in [-0.05, 0) is 133 Å². The molecular formula is C53H39NS. The Morgan fingerprint density at radius 1 is 0.436 bits per heavy atom. The highest BCUT2D eigenvalue weighted by molar-refractivity contribution is 7.17. The van der Waals surface area contributed by atoms with Gasteiger partial charge in [-0.1, -0.05) is 158 Å². The molecule has 1 aromatic heterocycles. The zero-order chi connectivity index (χ0) is 37.1. The molecule has 9 aromatic rings. The van der Waals surface area contributed by atoms with E-state index in [-0.39, 0.29) is 0 Å². The third-order valence-electron chi connectivity index (χ3n) is 10.5. The first-order chi connectivity index (χ1) is 27.1. The largest absolute Gasteiger partial charge is 0.310 e. The molecule has 262 valence electrons. The van der Waals surface area contributed by atoms with Gasteiger partial charge in [0.2, 0.25) is 0 Å². The van der Waals surface area contributed by atoms with Crippen LogP contribution in [0.1, 0.15) is 11.1 Å². The monoisotopic (exact) mass is 721 g/mol. The van der Waals surface area contributed by atoms with E-state index in [2.05, 4.69) is 212 Å². The molecule has 0 bridgehead atoms. The Hall–Kier alpha value is -6.74. The van der Waals surface area contributed by atoms with Crippen molar-refractivity contribution in [1.29, 1.82) is 0 Å². The van der Waals surface area contributed by atoms with Gasteiger partial charge in [0.25, 0.3) is 0 Å². The number of nitrogens with zero attached hydrogens (tertiary/aromatic N) is 1. The predicted octanol–water partition coefficient (Wildman–Crippen LogP) is 15.7. The molecule has 0 aliphatic carbocycles. The van der Waals surface area contributed by atoms with Crippen LogP contribution >= 0.6 is 11.3 Å². The van der Waals surface area contributed by atoms with Gasteiger partial charge in [-0.15, -0.1) is 11.3 Å². The predicted molar refractivity (Wildman–Crippen MR) is 240 cm³/mol. The van der Waals surface area contributed by atoms with Crippen LogP contribution < -0.4 is 4.90 Å². The summed E-state index contributed by atoms with van der Waals surface area (Å²) in [6, 6.07) is 66.5. The fourth-order valence-corrected chi connectivity index (χ4v) is 8.25. The minimum atomic E-state index is 1.12. The van der Waals surface area contributed by atoms with E-state index in [4.69, 9.17) is 0 Å². The molecule has 0 radical (unpaired) electrons. The molecule has 0 unspecified atom stereocenters. The van der Waals surface area contributed by atoms with Crippen LogP contribution in [-0.2, 0) is 0 Å². The average molecular weight is 722 g/mol. The lowest BCUT2D eigenvalue weighted by Crippen LogP contribution is -2.09. The van der Waals surface area contributed by atoms with Crippen molar-refractivity contribution in [1.82, 2.24) is 0 Å². The van der Waals surface area contributed by atoms with Crippen molar-refractivity contribution < 1.29 is 0 Å². The second-order valence-corrected chi connectivity index (χ2v) is 14.9. The molecule has 0 saturated heterocycles. The lowest BCUT2D eigenvalue weighted by atomic mass is 9.97. The Bertz CT molecular complexity index is 2800. The molecule has 9 rings (SSSR count). The van der Waals surface area contributed by atoms with Gasteiger partial charge >= 0.3 is 0 Å². The van der Waals surface area contributed by atoms with E-state index in [0.29, 0.717) is 0 Å². The van der Waals surface area contributed by atoms with Gasteiger partial charge in [-0.2, -0.15) is 0 Å². The number of thiophene rings is 1. The first-order valence-electron chi connectivity index (χ1n) is 18.7. The number of benzene rings is 8. The van der Waals surface area contributed by atoms with Crippen LogP contribution in [0.2, 0.25) is 0 Å². The molecule has 0 aliphatic rings. The molecule has 0 atom stereocenters. The number of allylic oxidation sites excluding steroid dienone is 2. The van der Waals surface area contributed by atoms with Crippen LogP contribution in [0.15, 0.2) is 206 Å². The molecule has 0 amide bonds. The number of hydrogen-bond acceptors (Lipinski definition) is 2. The molecule has 0 aliphatic heterocycles. The average Bonchev–Trinajstić information content (AvgIpc) is 3.72. The van der Waals surface area contributed by atoms with Gasteiger partial charge < -0.3 is 4.90 Å². The second-order valence-electron chi connectivity index (χ2n) is 14.0. The minimum absolute atomic E-state index is 1.12. The summed E-state index contributed by atoms with van der Waals surface area (Å²) in [7, 11) is 0. The highest BCUT2D eigenvalue weighted by atomic mass is 32.1. The Labute approximate surface area is 327 Å².